The summed E-state index contributed by atoms with van der Waals surface area (Å²) < 4.78 is 1.87. The van der Waals surface area contributed by atoms with Crippen LogP contribution in [0.15, 0.2) is 12.5 Å². The summed E-state index contributed by atoms with van der Waals surface area (Å²) in [5.74, 6) is 0.876. The fourth-order valence-electron chi connectivity index (χ4n) is 1.51. The van der Waals surface area contributed by atoms with Crippen LogP contribution in [0, 0.1) is 0 Å². The smallest absolute Gasteiger partial charge is 0.163 e. The van der Waals surface area contributed by atoms with E-state index in [0.717, 1.165) is 36.4 Å². The molecule has 2 aromatic rings. The average molecular weight is 205 g/mol. The van der Waals surface area contributed by atoms with Crippen LogP contribution >= 0.6 is 0 Å². The number of nitrogens with one attached hydrogen (secondary N) is 1. The molecule has 2 heterocycles. The maximum absolute atomic E-state index is 4.26. The van der Waals surface area contributed by atoms with Crippen LogP contribution in [0.3, 0.4) is 0 Å². The third kappa shape index (κ3) is 1.77. The molecule has 80 valence electrons. The summed E-state index contributed by atoms with van der Waals surface area (Å²) in [5.41, 5.74) is 0.895. The van der Waals surface area contributed by atoms with Crippen molar-refractivity contribution in [3.05, 3.63) is 12.5 Å². The summed E-state index contributed by atoms with van der Waals surface area (Å²) in [6, 6.07) is 0. The van der Waals surface area contributed by atoms with Crippen LogP contribution in [-0.4, -0.2) is 26.3 Å². The van der Waals surface area contributed by atoms with E-state index < -0.39 is 0 Å². The highest BCUT2D eigenvalue weighted by Gasteiger charge is 2.07. The maximum atomic E-state index is 4.26. The van der Waals surface area contributed by atoms with E-state index in [-0.39, 0.29) is 0 Å². The molecule has 0 aliphatic heterocycles. The number of aryl methyl sites for hydroxylation is 1. The second-order valence-corrected chi connectivity index (χ2v) is 3.35. The van der Waals surface area contributed by atoms with Crippen LogP contribution in [0.4, 0.5) is 5.82 Å². The summed E-state index contributed by atoms with van der Waals surface area (Å²) in [6.07, 6.45) is 4.47. The van der Waals surface area contributed by atoms with Crippen LogP contribution < -0.4 is 5.32 Å². The van der Waals surface area contributed by atoms with Crippen molar-refractivity contribution in [2.75, 3.05) is 11.9 Å². The number of hydrogen-bond donors (Lipinski definition) is 1. The first-order valence-corrected chi connectivity index (χ1v) is 5.27. The first kappa shape index (κ1) is 9.89. The summed E-state index contributed by atoms with van der Waals surface area (Å²) in [4.78, 5) is 8.45. The first-order valence-electron chi connectivity index (χ1n) is 5.27. The van der Waals surface area contributed by atoms with Gasteiger partial charge in [0, 0.05) is 13.1 Å². The molecule has 0 unspecified atom stereocenters. The molecule has 2 aromatic heterocycles. The predicted molar refractivity (Wildman–Crippen MR) is 59.8 cm³/mol. The molecule has 0 aliphatic carbocycles. The Labute approximate surface area is 88.5 Å². The van der Waals surface area contributed by atoms with Gasteiger partial charge in [-0.2, -0.15) is 5.10 Å². The fourth-order valence-corrected chi connectivity index (χ4v) is 1.51. The minimum absolute atomic E-state index is 0.827. The molecule has 0 fully saturated rings. The van der Waals surface area contributed by atoms with Crippen molar-refractivity contribution >= 4 is 16.9 Å². The van der Waals surface area contributed by atoms with Crippen molar-refractivity contribution in [3.8, 4) is 0 Å². The van der Waals surface area contributed by atoms with Crippen molar-refractivity contribution in [1.82, 2.24) is 19.7 Å². The van der Waals surface area contributed by atoms with Gasteiger partial charge in [-0.15, -0.1) is 0 Å². The Morgan fingerprint density at radius 1 is 1.33 bits per heavy atom. The van der Waals surface area contributed by atoms with Gasteiger partial charge < -0.3 is 5.32 Å². The highest BCUT2D eigenvalue weighted by Crippen LogP contribution is 2.18. The van der Waals surface area contributed by atoms with E-state index >= 15 is 0 Å². The van der Waals surface area contributed by atoms with Crippen molar-refractivity contribution in [2.45, 2.75) is 26.8 Å². The van der Waals surface area contributed by atoms with Gasteiger partial charge in [0.25, 0.3) is 0 Å². The van der Waals surface area contributed by atoms with Crippen molar-refractivity contribution in [1.29, 1.82) is 0 Å². The van der Waals surface area contributed by atoms with Gasteiger partial charge in [0.2, 0.25) is 0 Å². The second kappa shape index (κ2) is 4.25. The van der Waals surface area contributed by atoms with Gasteiger partial charge >= 0.3 is 0 Å². The van der Waals surface area contributed by atoms with Gasteiger partial charge in [-0.25, -0.2) is 14.6 Å². The summed E-state index contributed by atoms with van der Waals surface area (Å²) in [7, 11) is 0. The minimum Gasteiger partial charge on any atom is -0.369 e. The molecule has 0 radical (unpaired) electrons. The van der Waals surface area contributed by atoms with Gasteiger partial charge in [-0.1, -0.05) is 6.92 Å². The largest absolute Gasteiger partial charge is 0.369 e. The van der Waals surface area contributed by atoms with Gasteiger partial charge in [0.15, 0.2) is 5.65 Å². The zero-order valence-electron chi connectivity index (χ0n) is 9.06. The van der Waals surface area contributed by atoms with E-state index in [1.807, 2.05) is 17.8 Å². The maximum Gasteiger partial charge on any atom is 0.163 e. The molecular formula is C10H15N5. The molecule has 0 saturated heterocycles. The lowest BCUT2D eigenvalue weighted by Gasteiger charge is -2.04. The van der Waals surface area contributed by atoms with E-state index in [1.165, 1.54) is 0 Å². The van der Waals surface area contributed by atoms with E-state index in [4.69, 9.17) is 0 Å². The second-order valence-electron chi connectivity index (χ2n) is 3.35. The molecular weight excluding hydrogens is 190 g/mol. The standard InChI is InChI=1S/C10H15N5/c1-3-5-11-9-8-6-14-15(4-2)10(8)13-7-12-9/h6-7H,3-5H2,1-2H3,(H,11,12,13). The number of nitrogens with zero attached hydrogens (tertiary/aromatic N) is 4. The number of fused-ring (bicyclic) bond motifs is 1. The Bertz CT molecular complexity index is 448. The molecule has 0 atom stereocenters. The summed E-state index contributed by atoms with van der Waals surface area (Å²) >= 11 is 0. The Morgan fingerprint density at radius 2 is 2.20 bits per heavy atom. The Balaban J connectivity index is 2.42. The zero-order chi connectivity index (χ0) is 10.7. The molecule has 0 aromatic carbocycles. The monoisotopic (exact) mass is 205 g/mol. The van der Waals surface area contributed by atoms with Crippen molar-refractivity contribution < 1.29 is 0 Å². The third-order valence-electron chi connectivity index (χ3n) is 2.28. The number of rotatable bonds is 4. The summed E-state index contributed by atoms with van der Waals surface area (Å²) in [5, 5.41) is 8.52. The topological polar surface area (TPSA) is 55.6 Å². The van der Waals surface area contributed by atoms with Gasteiger partial charge in [-0.3, -0.25) is 0 Å². The lowest BCUT2D eigenvalue weighted by atomic mass is 10.4. The zero-order valence-corrected chi connectivity index (χ0v) is 9.06. The Kier molecular flexibility index (Phi) is 2.80. The highest BCUT2D eigenvalue weighted by molar-refractivity contribution is 5.85. The van der Waals surface area contributed by atoms with Crippen molar-refractivity contribution in [3.63, 3.8) is 0 Å². The molecule has 0 bridgehead atoms. The lowest BCUT2D eigenvalue weighted by Crippen LogP contribution is -2.03. The first-order chi connectivity index (χ1) is 7.36. The Hall–Kier alpha value is -1.65. The van der Waals surface area contributed by atoms with Crippen LogP contribution in [0.5, 0.6) is 0 Å². The predicted octanol–water partition coefficient (Wildman–Crippen LogP) is 1.67. The fraction of sp³-hybridized carbons (Fsp3) is 0.500. The van der Waals surface area contributed by atoms with Crippen LogP contribution in [0.25, 0.3) is 11.0 Å². The molecule has 2 rings (SSSR count). The van der Waals surface area contributed by atoms with E-state index in [9.17, 15) is 0 Å². The van der Waals surface area contributed by atoms with Gasteiger partial charge in [0.1, 0.15) is 12.1 Å². The molecule has 0 saturated carbocycles. The molecule has 5 nitrogen and oxygen atoms in total. The number of hydrogen-bond acceptors (Lipinski definition) is 4. The van der Waals surface area contributed by atoms with Gasteiger partial charge in [0.05, 0.1) is 11.6 Å². The average Bonchev–Trinajstić information content (AvgIpc) is 2.69. The van der Waals surface area contributed by atoms with Crippen molar-refractivity contribution in [2.24, 2.45) is 0 Å². The minimum atomic E-state index is 0.827. The molecule has 0 aliphatic rings. The molecule has 5 heteroatoms. The van der Waals surface area contributed by atoms with Gasteiger partial charge in [-0.05, 0) is 13.3 Å². The van der Waals surface area contributed by atoms with E-state index in [2.05, 4.69) is 27.3 Å². The number of anilines is 1. The van der Waals surface area contributed by atoms with E-state index in [1.54, 1.807) is 6.33 Å². The third-order valence-corrected chi connectivity index (χ3v) is 2.28. The highest BCUT2D eigenvalue weighted by atomic mass is 15.3. The molecule has 0 spiro atoms. The lowest BCUT2D eigenvalue weighted by molar-refractivity contribution is 0.676. The quantitative estimate of drug-likeness (QED) is 0.824. The van der Waals surface area contributed by atoms with Crippen LogP contribution in [0.2, 0.25) is 0 Å². The molecule has 1 N–H and O–H groups in total. The number of aromatic nitrogens is 4. The normalized spacial score (nSPS) is 10.8. The molecule has 0 amide bonds. The Morgan fingerprint density at radius 3 is 2.93 bits per heavy atom. The van der Waals surface area contributed by atoms with Crippen LogP contribution in [-0.2, 0) is 6.54 Å². The molecule has 15 heavy (non-hydrogen) atoms. The van der Waals surface area contributed by atoms with E-state index in [0.29, 0.717) is 0 Å². The summed E-state index contributed by atoms with van der Waals surface area (Å²) in [6.45, 7) is 5.92. The SMILES string of the molecule is CCCNc1ncnc2c1cnn2CC. The van der Waals surface area contributed by atoms with Crippen LogP contribution in [0.1, 0.15) is 20.3 Å².